The lowest BCUT2D eigenvalue weighted by molar-refractivity contribution is 0.0479. The number of esters is 4. The van der Waals surface area contributed by atoms with Gasteiger partial charge in [0.15, 0.2) is 0 Å². The van der Waals surface area contributed by atoms with Crippen molar-refractivity contribution in [3.63, 3.8) is 0 Å². The molecule has 0 saturated heterocycles. The summed E-state index contributed by atoms with van der Waals surface area (Å²) < 4.78 is 24.6. The maximum atomic E-state index is 12.9. The molecule has 0 atom stereocenters. The summed E-state index contributed by atoms with van der Waals surface area (Å²) in [6.45, 7) is 14.3. The second-order valence-corrected chi connectivity index (χ2v) is 8.91. The number of hydrogen-bond acceptors (Lipinski definition) is 8. The highest BCUT2D eigenvalue weighted by atomic mass is 16.5. The molecule has 0 saturated carbocycles. The predicted octanol–water partition coefficient (Wildman–Crippen LogP) is 5.21. The first-order chi connectivity index (χ1) is 19.0. The van der Waals surface area contributed by atoms with E-state index in [0.29, 0.717) is 34.2 Å². The van der Waals surface area contributed by atoms with E-state index in [1.165, 1.54) is 0 Å². The van der Waals surface area contributed by atoms with Gasteiger partial charge in [0.25, 0.3) is 0 Å². The zero-order valence-electron chi connectivity index (χ0n) is 24.3. The second kappa shape index (κ2) is 12.7. The van der Waals surface area contributed by atoms with E-state index in [1.807, 2.05) is 24.3 Å². The minimum atomic E-state index is -0.615. The quantitative estimate of drug-likeness (QED) is 0.249. The number of ether oxygens (including phenoxy) is 4. The second-order valence-electron chi connectivity index (χ2n) is 8.91. The normalized spacial score (nSPS) is 10.8. The van der Waals surface area contributed by atoms with Crippen molar-refractivity contribution >= 4 is 23.9 Å². The Morgan fingerprint density at radius 3 is 1.00 bits per heavy atom. The highest BCUT2D eigenvalue weighted by molar-refractivity contribution is 6.06. The van der Waals surface area contributed by atoms with Crippen molar-refractivity contribution in [2.75, 3.05) is 26.4 Å². The van der Waals surface area contributed by atoms with Crippen molar-refractivity contribution in [2.24, 2.45) is 0 Å². The molecule has 2 aromatic heterocycles. The average molecular weight is 553 g/mol. The largest absolute Gasteiger partial charge is 0.462 e. The molecule has 0 spiro atoms. The zero-order chi connectivity index (χ0) is 29.7. The van der Waals surface area contributed by atoms with E-state index in [4.69, 9.17) is 18.9 Å². The van der Waals surface area contributed by atoms with Crippen LogP contribution in [0.1, 0.15) is 91.9 Å². The van der Waals surface area contributed by atoms with E-state index in [-0.39, 0.29) is 48.7 Å². The van der Waals surface area contributed by atoms with Crippen LogP contribution in [0.2, 0.25) is 0 Å². The van der Waals surface area contributed by atoms with Crippen LogP contribution in [0.3, 0.4) is 0 Å². The summed E-state index contributed by atoms with van der Waals surface area (Å²) in [4.78, 5) is 51.6. The molecule has 0 unspecified atom stereocenters. The van der Waals surface area contributed by atoms with E-state index < -0.39 is 23.9 Å². The Morgan fingerprint density at radius 2 is 0.775 bits per heavy atom. The molecule has 3 rings (SSSR count). The lowest BCUT2D eigenvalue weighted by Gasteiger charge is -2.15. The van der Waals surface area contributed by atoms with Crippen LogP contribution < -0.4 is 0 Å². The molecule has 1 aromatic carbocycles. The van der Waals surface area contributed by atoms with Gasteiger partial charge < -0.3 is 28.1 Å². The maximum absolute atomic E-state index is 12.9. The van der Waals surface area contributed by atoms with Gasteiger partial charge in [-0.1, -0.05) is 6.07 Å². The van der Waals surface area contributed by atoms with Gasteiger partial charge in [0.05, 0.1) is 48.7 Å². The standard InChI is InChI=1S/C30H36N2O8/c1-9-37-27(33)23-17(5)31(18(6)24(23)28(34)38-10-2)21-14-13-15-22(16-21)32-19(7)25(29(35)39-11-3)26(20(32)8)30(36)40-12-4/h13-16H,9-12H2,1-8H3. The minimum Gasteiger partial charge on any atom is -0.462 e. The van der Waals surface area contributed by atoms with Crippen molar-refractivity contribution in [1.29, 1.82) is 0 Å². The molecule has 0 fully saturated rings. The average Bonchev–Trinajstić information content (AvgIpc) is 3.33. The molecule has 40 heavy (non-hydrogen) atoms. The molecule has 0 aliphatic heterocycles. The Labute approximate surface area is 233 Å². The van der Waals surface area contributed by atoms with Gasteiger partial charge in [0.1, 0.15) is 0 Å². The van der Waals surface area contributed by atoms with Crippen LogP contribution in [-0.4, -0.2) is 59.4 Å². The molecular formula is C30H36N2O8. The van der Waals surface area contributed by atoms with Crippen LogP contribution in [0.4, 0.5) is 0 Å². The summed E-state index contributed by atoms with van der Waals surface area (Å²) in [7, 11) is 0. The van der Waals surface area contributed by atoms with E-state index in [0.717, 1.165) is 0 Å². The van der Waals surface area contributed by atoms with Gasteiger partial charge in [-0.15, -0.1) is 0 Å². The number of benzene rings is 1. The summed E-state index contributed by atoms with van der Waals surface area (Å²) in [6.07, 6.45) is 0. The van der Waals surface area contributed by atoms with Crippen molar-refractivity contribution in [3.8, 4) is 11.4 Å². The molecule has 214 valence electrons. The van der Waals surface area contributed by atoms with Crippen LogP contribution in [0.15, 0.2) is 24.3 Å². The molecule has 0 aliphatic rings. The molecule has 3 aromatic rings. The third-order valence-corrected chi connectivity index (χ3v) is 6.55. The number of hydrogen-bond donors (Lipinski definition) is 0. The summed E-state index contributed by atoms with van der Waals surface area (Å²) in [5.74, 6) is -2.46. The lowest BCUT2D eigenvalue weighted by atomic mass is 10.1. The SMILES string of the molecule is CCOC(=O)c1c(C(=O)OCC)c(C)n(-c2cccc(-n3c(C)c(C(=O)OCC)c(C(=O)OCC)c3C)c2)c1C. The van der Waals surface area contributed by atoms with Gasteiger partial charge in [-0.05, 0) is 73.6 Å². The predicted molar refractivity (Wildman–Crippen MR) is 148 cm³/mol. The third-order valence-electron chi connectivity index (χ3n) is 6.55. The van der Waals surface area contributed by atoms with Crippen LogP contribution in [0.25, 0.3) is 11.4 Å². The molecule has 0 amide bonds. The van der Waals surface area contributed by atoms with Crippen molar-refractivity contribution in [2.45, 2.75) is 55.4 Å². The van der Waals surface area contributed by atoms with E-state index >= 15 is 0 Å². The maximum Gasteiger partial charge on any atom is 0.340 e. The van der Waals surface area contributed by atoms with Gasteiger partial charge in [-0.25, -0.2) is 19.2 Å². The summed E-state index contributed by atoms with van der Waals surface area (Å²) in [5, 5.41) is 0. The molecular weight excluding hydrogens is 516 g/mol. The van der Waals surface area contributed by atoms with Gasteiger partial charge >= 0.3 is 23.9 Å². The molecule has 0 radical (unpaired) electrons. The van der Waals surface area contributed by atoms with Gasteiger partial charge in [-0.2, -0.15) is 0 Å². The summed E-state index contributed by atoms with van der Waals surface area (Å²) in [5.41, 5.74) is 3.92. The Morgan fingerprint density at radius 1 is 0.525 bits per heavy atom. The highest BCUT2D eigenvalue weighted by Crippen LogP contribution is 2.32. The lowest BCUT2D eigenvalue weighted by Crippen LogP contribution is -2.13. The Hall–Kier alpha value is -4.34. The fraction of sp³-hybridized carbons (Fsp3) is 0.400. The third kappa shape index (κ3) is 5.38. The van der Waals surface area contributed by atoms with Crippen LogP contribution in [0.5, 0.6) is 0 Å². The van der Waals surface area contributed by atoms with Gasteiger partial charge in [0, 0.05) is 34.2 Å². The van der Waals surface area contributed by atoms with E-state index in [9.17, 15) is 19.2 Å². The highest BCUT2D eigenvalue weighted by Gasteiger charge is 2.32. The first kappa shape index (κ1) is 30.2. The first-order valence-electron chi connectivity index (χ1n) is 13.3. The Kier molecular flexibility index (Phi) is 9.57. The first-order valence-corrected chi connectivity index (χ1v) is 13.3. The molecule has 0 N–H and O–H groups in total. The number of nitrogens with zero attached hydrogens (tertiary/aromatic N) is 2. The van der Waals surface area contributed by atoms with Crippen molar-refractivity contribution < 1.29 is 38.1 Å². The monoisotopic (exact) mass is 552 g/mol. The number of rotatable bonds is 10. The topological polar surface area (TPSA) is 115 Å². The summed E-state index contributed by atoms with van der Waals surface area (Å²) in [6, 6.07) is 7.32. The van der Waals surface area contributed by atoms with Crippen molar-refractivity contribution in [3.05, 3.63) is 69.3 Å². The van der Waals surface area contributed by atoms with Crippen LogP contribution >= 0.6 is 0 Å². The molecule has 0 bridgehead atoms. The zero-order valence-corrected chi connectivity index (χ0v) is 24.3. The smallest absolute Gasteiger partial charge is 0.340 e. The van der Waals surface area contributed by atoms with E-state index in [2.05, 4.69) is 0 Å². The Bertz CT molecular complexity index is 1270. The number of carbonyl (C=O) groups excluding carboxylic acids is 4. The molecule has 10 nitrogen and oxygen atoms in total. The number of carbonyl (C=O) groups is 4. The van der Waals surface area contributed by atoms with Crippen LogP contribution in [-0.2, 0) is 18.9 Å². The van der Waals surface area contributed by atoms with Crippen LogP contribution in [0, 0.1) is 27.7 Å². The summed E-state index contributed by atoms with van der Waals surface area (Å²) >= 11 is 0. The fourth-order valence-electron chi connectivity index (χ4n) is 5.03. The minimum absolute atomic E-state index is 0.144. The van der Waals surface area contributed by atoms with E-state index in [1.54, 1.807) is 64.5 Å². The van der Waals surface area contributed by atoms with Crippen molar-refractivity contribution in [1.82, 2.24) is 9.13 Å². The molecule has 0 aliphatic carbocycles. The Balaban J connectivity index is 2.28. The van der Waals surface area contributed by atoms with Gasteiger partial charge in [-0.3, -0.25) is 0 Å². The molecule has 10 heteroatoms. The van der Waals surface area contributed by atoms with Gasteiger partial charge in [0.2, 0.25) is 0 Å². The molecule has 2 heterocycles. The number of aromatic nitrogens is 2. The fourth-order valence-corrected chi connectivity index (χ4v) is 5.03.